The van der Waals surface area contributed by atoms with E-state index in [1.807, 2.05) is 18.2 Å². The summed E-state index contributed by atoms with van der Waals surface area (Å²) in [4.78, 5) is 28.0. The molecule has 4 atom stereocenters. The molecule has 3 heterocycles. The van der Waals surface area contributed by atoms with Crippen molar-refractivity contribution in [2.75, 3.05) is 6.54 Å². The molecule has 2 saturated heterocycles. The lowest BCUT2D eigenvalue weighted by molar-refractivity contribution is -0.136. The van der Waals surface area contributed by atoms with Gasteiger partial charge in [-0.1, -0.05) is 44.0 Å². The lowest BCUT2D eigenvalue weighted by atomic mass is 9.75. The van der Waals surface area contributed by atoms with Crippen LogP contribution < -0.4 is 5.32 Å². The van der Waals surface area contributed by atoms with Crippen LogP contribution in [0.3, 0.4) is 0 Å². The predicted molar refractivity (Wildman–Crippen MR) is 119 cm³/mol. The number of fused-ring (bicyclic) bond motifs is 2. The molecule has 0 aliphatic carbocycles. The zero-order valence-electron chi connectivity index (χ0n) is 18.6. The number of carboxylic acid groups (broad SMARTS) is 1. The fraction of sp³-hybridized carbons (Fsp3) is 0.560. The van der Waals surface area contributed by atoms with Gasteiger partial charge in [0.2, 0.25) is 5.89 Å². The summed E-state index contributed by atoms with van der Waals surface area (Å²) in [5.74, 6) is -0.220. The number of amides is 1. The number of nitrogens with zero attached hydrogens (tertiary/aromatic N) is 1. The fourth-order valence-corrected chi connectivity index (χ4v) is 5.08. The van der Waals surface area contributed by atoms with Crippen LogP contribution in [0.5, 0.6) is 0 Å². The summed E-state index contributed by atoms with van der Waals surface area (Å²) in [5, 5.41) is 12.0. The molecule has 1 aromatic heterocycles. The smallest absolute Gasteiger partial charge is 0.303 e. The maximum absolute atomic E-state index is 12.4. The second-order valence-electron chi connectivity index (χ2n) is 8.88. The number of nitrogens with one attached hydrogen (secondary N) is 1. The van der Waals surface area contributed by atoms with Gasteiger partial charge in [0.1, 0.15) is 6.26 Å². The minimum absolute atomic E-state index is 0.00270. The lowest BCUT2D eigenvalue weighted by Crippen LogP contribution is -2.28. The Labute approximate surface area is 188 Å². The van der Waals surface area contributed by atoms with Crippen LogP contribution in [0.2, 0.25) is 0 Å². The summed E-state index contributed by atoms with van der Waals surface area (Å²) in [6.45, 7) is 2.77. The Morgan fingerprint density at radius 3 is 2.72 bits per heavy atom. The first-order chi connectivity index (χ1) is 15.6. The number of unbranched alkanes of at least 4 members (excludes halogenated alkanes) is 2. The van der Waals surface area contributed by atoms with Crippen molar-refractivity contribution in [2.45, 2.75) is 76.4 Å². The molecule has 2 N–H and O–H groups in total. The molecule has 4 rings (SSSR count). The summed E-state index contributed by atoms with van der Waals surface area (Å²) in [6, 6.07) is 8.03. The SMILES string of the molecule is CCCCCNC(=O)c1coc([C@@H]2[C@H](Cc3ccccc3CCC(=O)O)[C@@H]3CC[C@@H]2O3)n1. The van der Waals surface area contributed by atoms with Crippen LogP contribution in [0.25, 0.3) is 0 Å². The molecule has 2 aliphatic heterocycles. The van der Waals surface area contributed by atoms with Crippen LogP contribution in [-0.2, 0) is 22.4 Å². The van der Waals surface area contributed by atoms with E-state index in [0.29, 0.717) is 24.6 Å². The summed E-state index contributed by atoms with van der Waals surface area (Å²) in [7, 11) is 0. The number of ether oxygens (including phenoxy) is 1. The molecule has 7 nitrogen and oxygen atoms in total. The van der Waals surface area contributed by atoms with Crippen molar-refractivity contribution < 1.29 is 23.8 Å². The second-order valence-corrected chi connectivity index (χ2v) is 8.88. The van der Waals surface area contributed by atoms with Crippen LogP contribution in [0.15, 0.2) is 34.9 Å². The van der Waals surface area contributed by atoms with E-state index >= 15 is 0 Å². The fourth-order valence-electron chi connectivity index (χ4n) is 5.08. The van der Waals surface area contributed by atoms with Crippen LogP contribution in [0, 0.1) is 5.92 Å². The van der Waals surface area contributed by atoms with E-state index in [2.05, 4.69) is 23.3 Å². The second kappa shape index (κ2) is 10.3. The third kappa shape index (κ3) is 5.04. The van der Waals surface area contributed by atoms with Crippen molar-refractivity contribution in [1.29, 1.82) is 0 Å². The molecule has 0 spiro atoms. The van der Waals surface area contributed by atoms with Gasteiger partial charge in [-0.2, -0.15) is 0 Å². The maximum atomic E-state index is 12.4. The number of carbonyl (C=O) groups excluding carboxylic acids is 1. The highest BCUT2D eigenvalue weighted by atomic mass is 16.5. The predicted octanol–water partition coefficient (Wildman–Crippen LogP) is 4.12. The zero-order valence-corrected chi connectivity index (χ0v) is 18.6. The van der Waals surface area contributed by atoms with Gasteiger partial charge in [-0.15, -0.1) is 0 Å². The van der Waals surface area contributed by atoms with Crippen molar-refractivity contribution in [3.8, 4) is 0 Å². The van der Waals surface area contributed by atoms with E-state index in [1.54, 1.807) is 0 Å². The molecule has 32 heavy (non-hydrogen) atoms. The maximum Gasteiger partial charge on any atom is 0.303 e. The van der Waals surface area contributed by atoms with Crippen molar-refractivity contribution in [1.82, 2.24) is 10.3 Å². The molecule has 2 fully saturated rings. The minimum atomic E-state index is -0.791. The van der Waals surface area contributed by atoms with Crippen LogP contribution in [0.1, 0.15) is 78.9 Å². The number of aliphatic carboxylic acids is 1. The van der Waals surface area contributed by atoms with Crippen molar-refractivity contribution in [3.63, 3.8) is 0 Å². The molecule has 0 unspecified atom stereocenters. The van der Waals surface area contributed by atoms with Gasteiger partial charge in [-0.05, 0) is 43.2 Å². The first-order valence-electron chi connectivity index (χ1n) is 11.7. The highest BCUT2D eigenvalue weighted by molar-refractivity contribution is 5.91. The van der Waals surface area contributed by atoms with Gasteiger partial charge >= 0.3 is 5.97 Å². The molecule has 0 saturated carbocycles. The van der Waals surface area contributed by atoms with Crippen LogP contribution in [-0.4, -0.2) is 40.7 Å². The largest absolute Gasteiger partial charge is 0.481 e. The summed E-state index contributed by atoms with van der Waals surface area (Å²) in [5.41, 5.74) is 2.54. The Kier molecular flexibility index (Phi) is 7.25. The quantitative estimate of drug-likeness (QED) is 0.510. The number of rotatable bonds is 11. The van der Waals surface area contributed by atoms with Crippen molar-refractivity contribution in [3.05, 3.63) is 53.2 Å². The Morgan fingerprint density at radius 1 is 1.16 bits per heavy atom. The van der Waals surface area contributed by atoms with Gasteiger partial charge < -0.3 is 19.6 Å². The van der Waals surface area contributed by atoms with E-state index in [1.165, 1.54) is 6.26 Å². The van der Waals surface area contributed by atoms with Gasteiger partial charge in [-0.3, -0.25) is 9.59 Å². The van der Waals surface area contributed by atoms with Crippen LogP contribution >= 0.6 is 0 Å². The van der Waals surface area contributed by atoms with Crippen molar-refractivity contribution in [2.24, 2.45) is 5.92 Å². The molecule has 1 amide bonds. The van der Waals surface area contributed by atoms with Gasteiger partial charge in [-0.25, -0.2) is 4.98 Å². The molecule has 1 aromatic carbocycles. The van der Waals surface area contributed by atoms with Gasteiger partial charge in [0.05, 0.1) is 18.1 Å². The number of hydrogen-bond acceptors (Lipinski definition) is 5. The molecule has 2 aromatic rings. The number of oxazole rings is 1. The van der Waals surface area contributed by atoms with E-state index < -0.39 is 5.97 Å². The summed E-state index contributed by atoms with van der Waals surface area (Å²) >= 11 is 0. The number of hydrogen-bond donors (Lipinski definition) is 2. The summed E-state index contributed by atoms with van der Waals surface area (Å²) < 4.78 is 12.0. The van der Waals surface area contributed by atoms with Gasteiger partial charge in [0.25, 0.3) is 5.91 Å². The Hall–Kier alpha value is -2.67. The molecule has 2 aliphatic rings. The average Bonchev–Trinajstić information content (AvgIpc) is 3.52. The normalized spacial score (nSPS) is 24.0. The highest BCUT2D eigenvalue weighted by Gasteiger charge is 2.51. The van der Waals surface area contributed by atoms with Crippen molar-refractivity contribution >= 4 is 11.9 Å². The third-order valence-electron chi connectivity index (χ3n) is 6.71. The number of benzene rings is 1. The number of carboxylic acids is 1. The number of aryl methyl sites for hydroxylation is 1. The standard InChI is InChI=1S/C25H32N2O5/c1-2-3-6-13-26-24(30)19-15-31-25(27-19)23-18(20-10-11-21(23)32-20)14-17-8-5-4-7-16(17)9-12-22(28)29/h4-5,7-8,15,18,20-21,23H,2-3,6,9-14H2,1H3,(H,26,30)(H,28,29)/t18-,20+,21+,23-/m1/s1. The van der Waals surface area contributed by atoms with Gasteiger partial charge in [0.15, 0.2) is 5.69 Å². The third-order valence-corrected chi connectivity index (χ3v) is 6.71. The molecular formula is C25H32N2O5. The first kappa shape index (κ1) is 22.5. The monoisotopic (exact) mass is 440 g/mol. The summed E-state index contributed by atoms with van der Waals surface area (Å²) in [6.07, 6.45) is 8.17. The van der Waals surface area contributed by atoms with E-state index in [4.69, 9.17) is 14.3 Å². The molecule has 172 valence electrons. The van der Waals surface area contributed by atoms with E-state index in [9.17, 15) is 9.59 Å². The number of aromatic nitrogens is 1. The molecule has 7 heteroatoms. The minimum Gasteiger partial charge on any atom is -0.481 e. The van der Waals surface area contributed by atoms with E-state index in [0.717, 1.165) is 49.7 Å². The lowest BCUT2D eigenvalue weighted by Gasteiger charge is -2.26. The average molecular weight is 441 g/mol. The van der Waals surface area contributed by atoms with Gasteiger partial charge in [0, 0.05) is 18.9 Å². The number of carbonyl (C=O) groups is 2. The first-order valence-corrected chi connectivity index (χ1v) is 11.7. The Bertz CT molecular complexity index is 940. The van der Waals surface area contributed by atoms with E-state index in [-0.39, 0.29) is 36.4 Å². The zero-order chi connectivity index (χ0) is 22.5. The highest BCUT2D eigenvalue weighted by Crippen LogP contribution is 2.49. The Balaban J connectivity index is 1.47. The molecule has 0 radical (unpaired) electrons. The molecular weight excluding hydrogens is 408 g/mol. The molecule has 2 bridgehead atoms. The Morgan fingerprint density at radius 2 is 1.94 bits per heavy atom. The topological polar surface area (TPSA) is 102 Å². The van der Waals surface area contributed by atoms with Crippen LogP contribution in [0.4, 0.5) is 0 Å².